The third-order valence-electron chi connectivity index (χ3n) is 1.72. The van der Waals surface area contributed by atoms with Gasteiger partial charge in [0.05, 0.1) is 7.11 Å². The molecule has 0 amide bonds. The van der Waals surface area contributed by atoms with Gasteiger partial charge < -0.3 is 9.47 Å². The van der Waals surface area contributed by atoms with Gasteiger partial charge in [-0.05, 0) is 46.4 Å². The summed E-state index contributed by atoms with van der Waals surface area (Å²) < 4.78 is 10.1. The summed E-state index contributed by atoms with van der Waals surface area (Å²) in [7, 11) is 1.61. The second-order valence-corrected chi connectivity index (χ2v) is 3.30. The Morgan fingerprint density at radius 3 is 2.60 bits per heavy atom. The molecule has 80 valence electrons. The zero-order chi connectivity index (χ0) is 11.1. The molecule has 0 aliphatic rings. The van der Waals surface area contributed by atoms with Gasteiger partial charge in [0.2, 0.25) is 0 Å². The highest BCUT2D eigenvalue weighted by Crippen LogP contribution is 2.12. The molecule has 0 aromatic heterocycles. The Kier molecular flexibility index (Phi) is 5.17. The van der Waals surface area contributed by atoms with Crippen molar-refractivity contribution >= 4 is 34.6 Å². The lowest BCUT2D eigenvalue weighted by atomic mass is 10.2. The first kappa shape index (κ1) is 12.0. The number of benzene rings is 1. The quantitative estimate of drug-likeness (QED) is 0.371. The summed E-state index contributed by atoms with van der Waals surface area (Å²) in [5.74, 6) is 0.460. The number of rotatable bonds is 4. The zero-order valence-electron chi connectivity index (χ0n) is 8.27. The first-order chi connectivity index (χ1) is 7.26. The van der Waals surface area contributed by atoms with Crippen LogP contribution in [0.15, 0.2) is 30.3 Å². The number of methoxy groups -OCH3 is 1. The Balaban J connectivity index is 2.60. The van der Waals surface area contributed by atoms with Gasteiger partial charge in [-0.2, -0.15) is 0 Å². The van der Waals surface area contributed by atoms with Gasteiger partial charge in [0.25, 0.3) is 0 Å². The summed E-state index contributed by atoms with van der Waals surface area (Å²) in [6, 6.07) is 7.41. The molecule has 4 heteroatoms. The molecular weight excluding hydrogens is 307 g/mol. The number of alkyl halides is 1. The summed E-state index contributed by atoms with van der Waals surface area (Å²) in [5, 5.41) is 0. The molecule has 1 rings (SSSR count). The van der Waals surface area contributed by atoms with E-state index in [1.165, 1.54) is 6.08 Å². The molecule has 0 fully saturated rings. The van der Waals surface area contributed by atoms with E-state index in [0.717, 1.165) is 11.3 Å². The SMILES string of the molecule is COc1ccc(/C=C/C(=O)OCI)cc1. The molecule has 15 heavy (non-hydrogen) atoms. The van der Waals surface area contributed by atoms with Crippen LogP contribution in [0.2, 0.25) is 0 Å². The van der Waals surface area contributed by atoms with Gasteiger partial charge in [0.15, 0.2) is 0 Å². The van der Waals surface area contributed by atoms with E-state index in [4.69, 9.17) is 9.47 Å². The fourth-order valence-electron chi connectivity index (χ4n) is 0.981. The third kappa shape index (κ3) is 4.33. The lowest BCUT2D eigenvalue weighted by molar-refractivity contribution is -0.135. The first-order valence-corrected chi connectivity index (χ1v) is 5.83. The van der Waals surface area contributed by atoms with Gasteiger partial charge in [-0.25, -0.2) is 4.79 Å². The van der Waals surface area contributed by atoms with Crippen molar-refractivity contribution in [3.8, 4) is 5.75 Å². The van der Waals surface area contributed by atoms with E-state index < -0.39 is 0 Å². The smallest absolute Gasteiger partial charge is 0.331 e. The van der Waals surface area contributed by atoms with Crippen molar-refractivity contribution in [2.24, 2.45) is 0 Å². The summed E-state index contributed by atoms with van der Waals surface area (Å²) in [6.07, 6.45) is 3.11. The Bertz CT molecular complexity index is 343. The third-order valence-corrected chi connectivity index (χ3v) is 2.04. The van der Waals surface area contributed by atoms with Crippen LogP contribution in [-0.2, 0) is 9.53 Å². The van der Waals surface area contributed by atoms with Crippen molar-refractivity contribution in [3.63, 3.8) is 0 Å². The fourth-order valence-corrected chi connectivity index (χ4v) is 1.29. The van der Waals surface area contributed by atoms with Crippen LogP contribution in [0.1, 0.15) is 5.56 Å². The molecule has 0 N–H and O–H groups in total. The van der Waals surface area contributed by atoms with Crippen LogP contribution in [0.4, 0.5) is 0 Å². The zero-order valence-corrected chi connectivity index (χ0v) is 10.4. The van der Waals surface area contributed by atoms with Crippen molar-refractivity contribution < 1.29 is 14.3 Å². The number of hydrogen-bond donors (Lipinski definition) is 0. The molecule has 3 nitrogen and oxygen atoms in total. The maximum absolute atomic E-state index is 11.0. The number of halogens is 1. The molecule has 0 aliphatic heterocycles. The molecule has 0 saturated heterocycles. The van der Waals surface area contributed by atoms with Gasteiger partial charge in [-0.3, -0.25) is 0 Å². The molecule has 0 bridgehead atoms. The summed E-state index contributed by atoms with van der Waals surface area (Å²) in [5.41, 5.74) is 0.932. The van der Waals surface area contributed by atoms with Crippen LogP contribution in [0.25, 0.3) is 6.08 Å². The van der Waals surface area contributed by atoms with E-state index in [0.29, 0.717) is 4.61 Å². The molecule has 0 atom stereocenters. The predicted octanol–water partition coefficient (Wildman–Crippen LogP) is 2.64. The van der Waals surface area contributed by atoms with Crippen molar-refractivity contribution in [1.82, 2.24) is 0 Å². The summed E-state index contributed by atoms with van der Waals surface area (Å²) >= 11 is 1.97. The molecule has 0 spiro atoms. The van der Waals surface area contributed by atoms with Gasteiger partial charge in [0.1, 0.15) is 10.4 Å². The van der Waals surface area contributed by atoms with Crippen LogP contribution < -0.4 is 4.74 Å². The van der Waals surface area contributed by atoms with Crippen LogP contribution >= 0.6 is 22.6 Å². The van der Waals surface area contributed by atoms with Crippen LogP contribution in [0.3, 0.4) is 0 Å². The van der Waals surface area contributed by atoms with E-state index in [2.05, 4.69) is 0 Å². The van der Waals surface area contributed by atoms with Crippen LogP contribution in [0.5, 0.6) is 5.75 Å². The van der Waals surface area contributed by atoms with E-state index >= 15 is 0 Å². The molecule has 1 aromatic carbocycles. The fraction of sp³-hybridized carbons (Fsp3) is 0.182. The Morgan fingerprint density at radius 1 is 1.40 bits per heavy atom. The Morgan fingerprint density at radius 2 is 2.07 bits per heavy atom. The minimum atomic E-state index is -0.333. The van der Waals surface area contributed by atoms with Gasteiger partial charge in [-0.15, -0.1) is 0 Å². The molecular formula is C11H11IO3. The molecule has 0 heterocycles. The van der Waals surface area contributed by atoms with Crippen molar-refractivity contribution in [3.05, 3.63) is 35.9 Å². The Hall–Kier alpha value is -1.04. The van der Waals surface area contributed by atoms with Crippen molar-refractivity contribution in [2.45, 2.75) is 0 Å². The number of carbonyl (C=O) groups is 1. The van der Waals surface area contributed by atoms with Crippen LogP contribution in [-0.4, -0.2) is 17.7 Å². The van der Waals surface area contributed by atoms with E-state index in [1.54, 1.807) is 13.2 Å². The topological polar surface area (TPSA) is 35.5 Å². The predicted molar refractivity (Wildman–Crippen MR) is 67.0 cm³/mol. The van der Waals surface area contributed by atoms with Gasteiger partial charge in [0, 0.05) is 6.08 Å². The highest BCUT2D eigenvalue weighted by atomic mass is 127. The summed E-state index contributed by atoms with van der Waals surface area (Å²) in [4.78, 5) is 11.0. The largest absolute Gasteiger partial charge is 0.497 e. The molecule has 0 unspecified atom stereocenters. The normalized spacial score (nSPS) is 10.3. The molecule has 0 aliphatic carbocycles. The average molecular weight is 318 g/mol. The van der Waals surface area contributed by atoms with E-state index in [9.17, 15) is 4.79 Å². The first-order valence-electron chi connectivity index (χ1n) is 4.31. The molecule has 1 aromatic rings. The Labute approximate surface area is 102 Å². The maximum atomic E-state index is 11.0. The molecule has 0 radical (unpaired) electrons. The number of esters is 1. The second kappa shape index (κ2) is 6.44. The van der Waals surface area contributed by atoms with Crippen molar-refractivity contribution in [2.75, 3.05) is 11.7 Å². The average Bonchev–Trinajstić information content (AvgIpc) is 2.27. The second-order valence-electron chi connectivity index (χ2n) is 2.68. The van der Waals surface area contributed by atoms with Crippen molar-refractivity contribution in [1.29, 1.82) is 0 Å². The minimum absolute atomic E-state index is 0.333. The lowest BCUT2D eigenvalue weighted by Crippen LogP contribution is -1.96. The highest BCUT2D eigenvalue weighted by molar-refractivity contribution is 14.1. The standard InChI is InChI=1S/C11H11IO3/c1-14-10-5-2-9(3-6-10)4-7-11(13)15-8-12/h2-7H,8H2,1H3/b7-4+. The summed E-state index contributed by atoms with van der Waals surface area (Å²) in [6.45, 7) is 0. The number of hydrogen-bond acceptors (Lipinski definition) is 3. The number of carbonyl (C=O) groups excluding carboxylic acids is 1. The van der Waals surface area contributed by atoms with E-state index in [1.807, 2.05) is 46.9 Å². The van der Waals surface area contributed by atoms with E-state index in [-0.39, 0.29) is 5.97 Å². The van der Waals surface area contributed by atoms with Gasteiger partial charge in [-0.1, -0.05) is 12.1 Å². The molecule has 0 saturated carbocycles. The van der Waals surface area contributed by atoms with Gasteiger partial charge >= 0.3 is 5.97 Å². The highest BCUT2D eigenvalue weighted by Gasteiger charge is 1.94. The van der Waals surface area contributed by atoms with Crippen LogP contribution in [0, 0.1) is 0 Å². The number of ether oxygens (including phenoxy) is 2. The lowest BCUT2D eigenvalue weighted by Gasteiger charge is -1.99. The maximum Gasteiger partial charge on any atom is 0.331 e. The monoisotopic (exact) mass is 318 g/mol. The minimum Gasteiger partial charge on any atom is -0.497 e.